The van der Waals surface area contributed by atoms with Crippen LogP contribution in [0.1, 0.15) is 250 Å². The Kier molecular flexibility index (Phi) is 19.7. The minimum atomic E-state index is 0.0138. The maximum absolute atomic E-state index is 15.5. The highest BCUT2D eigenvalue weighted by molar-refractivity contribution is 5.97. The van der Waals surface area contributed by atoms with Crippen LogP contribution in [0.4, 0.5) is 0 Å². The summed E-state index contributed by atoms with van der Waals surface area (Å²) in [4.78, 5) is 31.0. The number of rotatable bonds is 29. The maximum Gasteiger partial charge on any atom is 0.264 e. The average Bonchev–Trinajstić information content (AvgIpc) is 3.82. The molecule has 0 bridgehead atoms. The summed E-state index contributed by atoms with van der Waals surface area (Å²) in [6.45, 7) is 18.0. The van der Waals surface area contributed by atoms with E-state index in [1.54, 1.807) is 0 Å². The van der Waals surface area contributed by atoms with Crippen LogP contribution >= 0.6 is 0 Å². The third-order valence-electron chi connectivity index (χ3n) is 12.7. The van der Waals surface area contributed by atoms with Gasteiger partial charge < -0.3 is 0 Å². The first-order valence-corrected chi connectivity index (χ1v) is 23.9. The summed E-state index contributed by atoms with van der Waals surface area (Å²) in [6, 6.07) is 8.71. The van der Waals surface area contributed by atoms with E-state index < -0.39 is 0 Å². The second-order valence-electron chi connectivity index (χ2n) is 18.1. The molecule has 2 atom stereocenters. The van der Waals surface area contributed by atoms with Gasteiger partial charge in [0.1, 0.15) is 0 Å². The molecule has 4 nitrogen and oxygen atoms in total. The van der Waals surface area contributed by atoms with Gasteiger partial charge in [-0.05, 0) is 90.8 Å². The van der Waals surface area contributed by atoms with Crippen LogP contribution in [0, 0.1) is 5.92 Å². The molecule has 0 saturated carbocycles. The van der Waals surface area contributed by atoms with Crippen LogP contribution in [0.5, 0.6) is 0 Å². The van der Waals surface area contributed by atoms with Gasteiger partial charge in [-0.2, -0.15) is 0 Å². The van der Waals surface area contributed by atoms with E-state index in [-0.39, 0.29) is 28.9 Å². The Labute approximate surface area is 342 Å². The molecule has 0 saturated heterocycles. The Morgan fingerprint density at radius 3 is 1.29 bits per heavy atom. The zero-order valence-electron chi connectivity index (χ0n) is 37.5. The fourth-order valence-electron chi connectivity index (χ4n) is 9.51. The fraction of sp³-hybridized carbons (Fsp3) is 0.692. The Hall–Kier alpha value is -2.88. The van der Waals surface area contributed by atoms with E-state index in [1.165, 1.54) is 115 Å². The van der Waals surface area contributed by atoms with Crippen LogP contribution in [0.25, 0.3) is 27.9 Å². The molecule has 0 aliphatic carbocycles. The van der Waals surface area contributed by atoms with Gasteiger partial charge in [0, 0.05) is 11.4 Å². The average molecular weight is 767 g/mol. The summed E-state index contributed by atoms with van der Waals surface area (Å²) >= 11 is 0. The van der Waals surface area contributed by atoms with Gasteiger partial charge in [-0.1, -0.05) is 190 Å². The molecule has 0 amide bonds. The number of unbranched alkanes of at least 4 members (excludes halogenated alkanes) is 16. The lowest BCUT2D eigenvalue weighted by Crippen LogP contribution is -2.27. The number of hydrogen-bond acceptors (Lipinski definition) is 2. The standard InChI is InChI=1S/C52H82N2O2/c1-9-13-17-21-23-27-31-41(29-25-19-15-11-3)47-45-36-35-43(34-33-39(5)6)53(45)51(55)49-48(46-38-37-44(40(7)8)54(46)52(56)50(47)49)42(30-26-20-16-12-4)32-28-24-22-18-14-10-2/h33-42H,9-32H2,1-8H3/b34-33+. The fourth-order valence-corrected chi connectivity index (χ4v) is 9.51. The predicted octanol–water partition coefficient (Wildman–Crippen LogP) is 15.9. The Morgan fingerprint density at radius 1 is 0.482 bits per heavy atom. The number of nitrogens with zero attached hydrogens (tertiary/aromatic N) is 2. The normalized spacial score (nSPS) is 13.5. The van der Waals surface area contributed by atoms with Gasteiger partial charge in [0.05, 0.1) is 21.8 Å². The maximum atomic E-state index is 15.5. The molecular formula is C52H82N2O2. The highest BCUT2D eigenvalue weighted by Gasteiger charge is 2.30. The zero-order valence-corrected chi connectivity index (χ0v) is 37.5. The molecule has 4 aromatic rings. The van der Waals surface area contributed by atoms with E-state index in [0.717, 1.165) is 83.7 Å². The van der Waals surface area contributed by atoms with Gasteiger partial charge in [-0.3, -0.25) is 18.4 Å². The molecule has 0 radical (unpaired) electrons. The molecule has 4 heteroatoms. The third kappa shape index (κ3) is 11.8. The van der Waals surface area contributed by atoms with Gasteiger partial charge in [-0.25, -0.2) is 0 Å². The monoisotopic (exact) mass is 767 g/mol. The first kappa shape index (κ1) is 45.8. The number of allylic oxidation sites excluding steroid dienone is 1. The van der Waals surface area contributed by atoms with Crippen molar-refractivity contribution in [3.63, 3.8) is 0 Å². The molecule has 312 valence electrons. The van der Waals surface area contributed by atoms with Crippen molar-refractivity contribution in [2.24, 2.45) is 5.92 Å². The Morgan fingerprint density at radius 2 is 0.857 bits per heavy atom. The summed E-state index contributed by atoms with van der Waals surface area (Å²) < 4.78 is 4.10. The minimum Gasteiger partial charge on any atom is -0.280 e. The lowest BCUT2D eigenvalue weighted by atomic mass is 9.82. The minimum absolute atomic E-state index is 0.0138. The highest BCUT2D eigenvalue weighted by Crippen LogP contribution is 2.41. The van der Waals surface area contributed by atoms with Crippen molar-refractivity contribution in [2.75, 3.05) is 0 Å². The second-order valence-corrected chi connectivity index (χ2v) is 18.1. The van der Waals surface area contributed by atoms with Gasteiger partial charge >= 0.3 is 0 Å². The van der Waals surface area contributed by atoms with Crippen LogP contribution in [-0.2, 0) is 0 Å². The molecular weight excluding hydrogens is 685 g/mol. The van der Waals surface area contributed by atoms with E-state index in [0.29, 0.717) is 5.92 Å². The number of hydrogen-bond donors (Lipinski definition) is 0. The van der Waals surface area contributed by atoms with E-state index in [2.05, 4.69) is 96.2 Å². The number of fused-ring (bicyclic) bond motifs is 3. The lowest BCUT2D eigenvalue weighted by Gasteiger charge is -2.25. The second kappa shape index (κ2) is 24.1. The van der Waals surface area contributed by atoms with E-state index in [1.807, 2.05) is 4.40 Å². The predicted molar refractivity (Wildman–Crippen MR) is 247 cm³/mol. The zero-order chi connectivity index (χ0) is 40.5. The van der Waals surface area contributed by atoms with Crippen LogP contribution in [0.2, 0.25) is 0 Å². The van der Waals surface area contributed by atoms with E-state index in [9.17, 15) is 0 Å². The molecule has 0 spiro atoms. The van der Waals surface area contributed by atoms with Crippen LogP contribution < -0.4 is 11.1 Å². The molecule has 0 aromatic carbocycles. The van der Waals surface area contributed by atoms with Gasteiger partial charge in [-0.15, -0.1) is 0 Å². The molecule has 0 aliphatic rings. The third-order valence-corrected chi connectivity index (χ3v) is 12.7. The summed E-state index contributed by atoms with van der Waals surface area (Å²) in [5.41, 5.74) is 6.35. The summed E-state index contributed by atoms with van der Waals surface area (Å²) in [7, 11) is 0. The Balaban J connectivity index is 2.08. The van der Waals surface area contributed by atoms with Gasteiger partial charge in [0.25, 0.3) is 11.1 Å². The molecule has 4 aromatic heterocycles. The van der Waals surface area contributed by atoms with E-state index >= 15 is 9.59 Å². The molecule has 0 N–H and O–H groups in total. The molecule has 0 fully saturated rings. The number of pyridine rings is 2. The van der Waals surface area contributed by atoms with Crippen molar-refractivity contribution < 1.29 is 0 Å². The van der Waals surface area contributed by atoms with Crippen molar-refractivity contribution in [3.8, 4) is 0 Å². The molecule has 4 heterocycles. The van der Waals surface area contributed by atoms with Crippen LogP contribution in [0.3, 0.4) is 0 Å². The van der Waals surface area contributed by atoms with Crippen molar-refractivity contribution >= 4 is 27.9 Å². The van der Waals surface area contributed by atoms with Crippen LogP contribution in [0.15, 0.2) is 39.9 Å². The van der Waals surface area contributed by atoms with Crippen molar-refractivity contribution in [1.82, 2.24) is 8.80 Å². The Bertz CT molecular complexity index is 1870. The molecule has 2 unspecified atom stereocenters. The largest absolute Gasteiger partial charge is 0.280 e. The van der Waals surface area contributed by atoms with Gasteiger partial charge in [0.15, 0.2) is 0 Å². The number of aromatic nitrogens is 2. The van der Waals surface area contributed by atoms with Gasteiger partial charge in [0.2, 0.25) is 0 Å². The molecule has 56 heavy (non-hydrogen) atoms. The van der Waals surface area contributed by atoms with Crippen molar-refractivity contribution in [1.29, 1.82) is 0 Å². The smallest absolute Gasteiger partial charge is 0.264 e. The summed E-state index contributed by atoms with van der Waals surface area (Å²) in [6.07, 6.45) is 33.4. The quantitative estimate of drug-likeness (QED) is 0.0517. The SMILES string of the molecule is CCCCCCCCC(CCCCCC)c1c2c(=O)n3c(C(C)C)ccc3c(C(CCCCCC)CCCCCCCC)c2c(=O)n2c(/C=C/C(C)C)ccc12. The topological polar surface area (TPSA) is 43.0 Å². The highest BCUT2D eigenvalue weighted by atomic mass is 16.1. The molecule has 4 rings (SSSR count). The summed E-state index contributed by atoms with van der Waals surface area (Å²) in [5.74, 6) is 1.05. The van der Waals surface area contributed by atoms with E-state index in [4.69, 9.17) is 0 Å². The molecule has 0 aliphatic heterocycles. The van der Waals surface area contributed by atoms with Crippen molar-refractivity contribution in [2.45, 2.75) is 227 Å². The van der Waals surface area contributed by atoms with Crippen molar-refractivity contribution in [3.05, 3.63) is 73.6 Å². The van der Waals surface area contributed by atoms with Crippen LogP contribution in [-0.4, -0.2) is 8.80 Å². The first-order valence-electron chi connectivity index (χ1n) is 23.9. The lowest BCUT2D eigenvalue weighted by molar-refractivity contribution is 0.492. The first-order chi connectivity index (χ1) is 27.2. The summed E-state index contributed by atoms with van der Waals surface area (Å²) in [5, 5.41) is 1.48.